The molecule has 0 amide bonds. The van der Waals surface area contributed by atoms with Crippen LogP contribution in [-0.2, 0) is 4.79 Å². The number of Topliss-reactive ketones (excluding diaryl/α,β-unsaturated/α-hetero) is 1. The number of benzene rings is 2. The first-order valence-corrected chi connectivity index (χ1v) is 8.32. The second kappa shape index (κ2) is 6.55. The molecule has 0 aliphatic heterocycles. The predicted molar refractivity (Wildman–Crippen MR) is 102 cm³/mol. The zero-order chi connectivity index (χ0) is 18.0. The van der Waals surface area contributed by atoms with Crippen LogP contribution in [0, 0.1) is 5.41 Å². The maximum Gasteiger partial charge on any atom is 0.169 e. The molecule has 0 bridgehead atoms. The maximum absolute atomic E-state index is 12.8. The van der Waals surface area contributed by atoms with Gasteiger partial charge >= 0.3 is 0 Å². The van der Waals surface area contributed by atoms with E-state index >= 15 is 0 Å². The average Bonchev–Trinajstić information content (AvgIpc) is 2.56. The zero-order valence-electron chi connectivity index (χ0n) is 14.5. The molecule has 0 unspecified atom stereocenters. The molecule has 128 valence electrons. The number of nitrogens with zero attached hydrogens (tertiary/aromatic N) is 1. The molecule has 0 radical (unpaired) electrons. The van der Waals surface area contributed by atoms with Crippen LogP contribution in [0.5, 0.6) is 0 Å². The number of rotatable bonds is 2. The molecule has 1 aliphatic carbocycles. The number of aliphatic hydroxyl groups is 1. The van der Waals surface area contributed by atoms with E-state index in [0.29, 0.717) is 41.1 Å². The highest BCUT2D eigenvalue weighted by Crippen LogP contribution is 2.38. The van der Waals surface area contributed by atoms with Gasteiger partial charge in [0.15, 0.2) is 5.78 Å². The van der Waals surface area contributed by atoms with Crippen molar-refractivity contribution < 1.29 is 9.90 Å². The van der Waals surface area contributed by atoms with E-state index in [1.54, 1.807) is 18.2 Å². The number of hydrogen-bond donors (Lipinski definition) is 2. The van der Waals surface area contributed by atoms with Gasteiger partial charge in [-0.05, 0) is 24.0 Å². The summed E-state index contributed by atoms with van der Waals surface area (Å²) in [6.45, 7) is 4.07. The number of nitrogens with two attached hydrogens (primary N) is 1. The molecule has 25 heavy (non-hydrogen) atoms. The van der Waals surface area contributed by atoms with Gasteiger partial charge in [0, 0.05) is 12.0 Å². The second-order valence-corrected chi connectivity index (χ2v) is 7.15. The molecule has 3 N–H and O–H groups in total. The SMILES string of the molecule is CC1(C)CC(=O)/C(=C(/O)c2ccccc2)C(=Nc2ccccc2N)C1. The fourth-order valence-electron chi connectivity index (χ4n) is 3.13. The third-order valence-electron chi connectivity index (χ3n) is 4.33. The Kier molecular flexibility index (Phi) is 4.45. The van der Waals surface area contributed by atoms with Crippen LogP contribution < -0.4 is 5.73 Å². The van der Waals surface area contributed by atoms with E-state index in [0.717, 1.165) is 0 Å². The van der Waals surface area contributed by atoms with Crippen molar-refractivity contribution in [2.75, 3.05) is 5.73 Å². The minimum atomic E-state index is -0.208. The van der Waals surface area contributed by atoms with Crippen LogP contribution in [0.3, 0.4) is 0 Å². The fraction of sp³-hybridized carbons (Fsp3) is 0.238. The van der Waals surface area contributed by atoms with Crippen molar-refractivity contribution in [2.45, 2.75) is 26.7 Å². The van der Waals surface area contributed by atoms with Crippen LogP contribution >= 0.6 is 0 Å². The van der Waals surface area contributed by atoms with E-state index in [1.165, 1.54) is 0 Å². The molecule has 4 nitrogen and oxygen atoms in total. The Bertz CT molecular complexity index is 864. The van der Waals surface area contributed by atoms with Crippen molar-refractivity contribution in [3.63, 3.8) is 0 Å². The maximum atomic E-state index is 12.8. The Morgan fingerprint density at radius 2 is 1.68 bits per heavy atom. The van der Waals surface area contributed by atoms with Crippen LogP contribution in [0.2, 0.25) is 0 Å². The summed E-state index contributed by atoms with van der Waals surface area (Å²) in [7, 11) is 0. The first kappa shape index (κ1) is 17.0. The highest BCUT2D eigenvalue weighted by atomic mass is 16.3. The van der Waals surface area contributed by atoms with Gasteiger partial charge in [0.1, 0.15) is 5.76 Å². The quantitative estimate of drug-likeness (QED) is 0.475. The summed E-state index contributed by atoms with van der Waals surface area (Å²) in [5.41, 5.74) is 8.45. The number of nitrogen functional groups attached to an aromatic ring is 1. The van der Waals surface area contributed by atoms with E-state index in [1.807, 2.05) is 50.2 Å². The largest absolute Gasteiger partial charge is 0.506 e. The van der Waals surface area contributed by atoms with Crippen LogP contribution in [0.1, 0.15) is 32.3 Å². The Balaban J connectivity index is 2.17. The molecule has 1 fully saturated rings. The molecule has 0 spiro atoms. The molecule has 1 aliphatic rings. The topological polar surface area (TPSA) is 75.7 Å². The lowest BCUT2D eigenvalue weighted by atomic mass is 9.73. The number of allylic oxidation sites excluding steroid dienone is 1. The van der Waals surface area contributed by atoms with Gasteiger partial charge in [0.25, 0.3) is 0 Å². The Morgan fingerprint density at radius 3 is 2.36 bits per heavy atom. The van der Waals surface area contributed by atoms with Gasteiger partial charge in [-0.15, -0.1) is 0 Å². The van der Waals surface area contributed by atoms with Gasteiger partial charge in [0.2, 0.25) is 0 Å². The van der Waals surface area contributed by atoms with Crippen molar-refractivity contribution >= 4 is 28.6 Å². The third-order valence-corrected chi connectivity index (χ3v) is 4.33. The van der Waals surface area contributed by atoms with Crippen molar-refractivity contribution in [3.05, 3.63) is 65.7 Å². The fourth-order valence-corrected chi connectivity index (χ4v) is 3.13. The monoisotopic (exact) mass is 334 g/mol. The van der Waals surface area contributed by atoms with Crippen LogP contribution in [0.15, 0.2) is 65.2 Å². The van der Waals surface area contributed by atoms with Crippen LogP contribution in [0.4, 0.5) is 11.4 Å². The van der Waals surface area contributed by atoms with Gasteiger partial charge in [-0.3, -0.25) is 9.79 Å². The number of ketones is 1. The number of hydrogen-bond acceptors (Lipinski definition) is 4. The number of para-hydroxylation sites is 2. The molecule has 0 heterocycles. The molecule has 4 heteroatoms. The van der Waals surface area contributed by atoms with Gasteiger partial charge in [-0.25, -0.2) is 0 Å². The van der Waals surface area contributed by atoms with Crippen molar-refractivity contribution in [1.29, 1.82) is 0 Å². The number of aliphatic imine (C=N–C) groups is 1. The molecule has 0 aromatic heterocycles. The number of anilines is 1. The van der Waals surface area contributed by atoms with Gasteiger partial charge in [-0.1, -0.05) is 56.3 Å². The summed E-state index contributed by atoms with van der Waals surface area (Å²) >= 11 is 0. The number of aliphatic hydroxyl groups excluding tert-OH is 1. The predicted octanol–water partition coefficient (Wildman–Crippen LogP) is 4.70. The first-order valence-electron chi connectivity index (χ1n) is 8.32. The Morgan fingerprint density at radius 1 is 1.04 bits per heavy atom. The molecule has 2 aromatic carbocycles. The third kappa shape index (κ3) is 3.63. The highest BCUT2D eigenvalue weighted by Gasteiger charge is 2.36. The Hall–Kier alpha value is -2.88. The van der Waals surface area contributed by atoms with Crippen LogP contribution in [-0.4, -0.2) is 16.6 Å². The summed E-state index contributed by atoms with van der Waals surface area (Å²) < 4.78 is 0. The smallest absolute Gasteiger partial charge is 0.169 e. The number of carbonyl (C=O) groups excluding carboxylic acids is 1. The standard InChI is InChI=1S/C21H22N2O2/c1-21(2)12-17(23-16-11-7-6-10-15(16)22)19(18(24)13-21)20(25)14-8-4-3-5-9-14/h3-11,25H,12-13,22H2,1-2H3/b20-19+,23-17?. The second-order valence-electron chi connectivity index (χ2n) is 7.15. The molecule has 2 aromatic rings. The lowest BCUT2D eigenvalue weighted by Crippen LogP contribution is -2.32. The van der Waals surface area contributed by atoms with E-state index in [4.69, 9.17) is 5.73 Å². The Labute approximate surface area is 147 Å². The molecule has 0 atom stereocenters. The van der Waals surface area contributed by atoms with Gasteiger partial charge < -0.3 is 10.8 Å². The lowest BCUT2D eigenvalue weighted by molar-refractivity contribution is -0.117. The van der Waals surface area contributed by atoms with E-state index < -0.39 is 0 Å². The van der Waals surface area contributed by atoms with Crippen molar-refractivity contribution in [2.24, 2.45) is 10.4 Å². The summed E-state index contributed by atoms with van der Waals surface area (Å²) in [5.74, 6) is -0.111. The lowest BCUT2D eigenvalue weighted by Gasteiger charge is -2.31. The number of carbonyl (C=O) groups is 1. The summed E-state index contributed by atoms with van der Waals surface area (Å²) in [4.78, 5) is 17.4. The van der Waals surface area contributed by atoms with E-state index in [9.17, 15) is 9.90 Å². The molecule has 1 saturated carbocycles. The normalized spacial score (nSPS) is 20.6. The van der Waals surface area contributed by atoms with Gasteiger partial charge in [-0.2, -0.15) is 0 Å². The van der Waals surface area contributed by atoms with Crippen LogP contribution in [0.25, 0.3) is 5.76 Å². The summed E-state index contributed by atoms with van der Waals surface area (Å²) in [6, 6.07) is 16.4. The minimum absolute atomic E-state index is 0.0191. The molecule has 0 saturated heterocycles. The van der Waals surface area contributed by atoms with E-state index in [2.05, 4.69) is 4.99 Å². The molecular weight excluding hydrogens is 312 g/mol. The highest BCUT2D eigenvalue weighted by molar-refractivity contribution is 6.28. The van der Waals surface area contributed by atoms with Gasteiger partial charge in [0.05, 0.1) is 22.7 Å². The summed E-state index contributed by atoms with van der Waals surface area (Å²) in [5, 5.41) is 10.8. The van der Waals surface area contributed by atoms with Crippen molar-refractivity contribution in [3.8, 4) is 0 Å². The molecular formula is C21H22N2O2. The zero-order valence-corrected chi connectivity index (χ0v) is 14.5. The van der Waals surface area contributed by atoms with Crippen molar-refractivity contribution in [1.82, 2.24) is 0 Å². The average molecular weight is 334 g/mol. The van der Waals surface area contributed by atoms with E-state index in [-0.39, 0.29) is 17.0 Å². The first-order chi connectivity index (χ1) is 11.9. The summed E-state index contributed by atoms with van der Waals surface area (Å²) in [6.07, 6.45) is 0.974. The molecule has 3 rings (SSSR count). The minimum Gasteiger partial charge on any atom is -0.506 e.